The maximum atomic E-state index is 4.38. The quantitative estimate of drug-likeness (QED) is 0.756. The van der Waals surface area contributed by atoms with E-state index in [4.69, 9.17) is 0 Å². The first kappa shape index (κ1) is 8.75. The van der Waals surface area contributed by atoms with Crippen LogP contribution in [0.15, 0.2) is 12.4 Å². The highest BCUT2D eigenvalue weighted by Crippen LogP contribution is 2.30. The van der Waals surface area contributed by atoms with Crippen LogP contribution in [-0.4, -0.2) is 23.4 Å². The molecule has 0 aliphatic heterocycles. The van der Waals surface area contributed by atoms with Crippen molar-refractivity contribution in [2.75, 3.05) is 13.6 Å². The minimum absolute atomic E-state index is 0.698. The monoisotopic (exact) mass is 179 g/mol. The Bertz CT molecular complexity index is 263. The summed E-state index contributed by atoms with van der Waals surface area (Å²) in [6.07, 6.45) is 9.27. The van der Waals surface area contributed by atoms with Crippen molar-refractivity contribution in [2.45, 2.75) is 31.7 Å². The lowest BCUT2D eigenvalue weighted by Crippen LogP contribution is -2.17. The van der Waals surface area contributed by atoms with E-state index in [9.17, 15) is 0 Å². The Kier molecular flexibility index (Phi) is 2.64. The number of hydrogen-bond acceptors (Lipinski definition) is 2. The summed E-state index contributed by atoms with van der Waals surface area (Å²) in [5, 5.41) is 7.53. The summed E-state index contributed by atoms with van der Waals surface area (Å²) in [6.45, 7) is 1.04. The standard InChI is InChI=1S/C10H17N3/c1-11-6-5-9-7-12-13(8-9)10-3-2-4-10/h7-8,10-11H,2-6H2,1H3. The fourth-order valence-electron chi connectivity index (χ4n) is 1.63. The Labute approximate surface area is 79.1 Å². The summed E-state index contributed by atoms with van der Waals surface area (Å²) < 4.78 is 2.13. The highest BCUT2D eigenvalue weighted by Gasteiger charge is 2.19. The van der Waals surface area contributed by atoms with E-state index in [0.717, 1.165) is 13.0 Å². The van der Waals surface area contributed by atoms with Gasteiger partial charge in [0, 0.05) is 6.20 Å². The van der Waals surface area contributed by atoms with Gasteiger partial charge < -0.3 is 5.32 Å². The van der Waals surface area contributed by atoms with Gasteiger partial charge in [-0.1, -0.05) is 0 Å². The number of nitrogens with one attached hydrogen (secondary N) is 1. The van der Waals surface area contributed by atoms with Gasteiger partial charge in [-0.2, -0.15) is 5.10 Å². The summed E-state index contributed by atoms with van der Waals surface area (Å²) in [5.74, 6) is 0. The van der Waals surface area contributed by atoms with Gasteiger partial charge in [-0.25, -0.2) is 0 Å². The van der Waals surface area contributed by atoms with Gasteiger partial charge in [-0.3, -0.25) is 4.68 Å². The van der Waals surface area contributed by atoms with E-state index < -0.39 is 0 Å². The first-order chi connectivity index (χ1) is 6.40. The molecule has 0 bridgehead atoms. The number of aromatic nitrogens is 2. The second-order valence-corrected chi connectivity index (χ2v) is 3.77. The summed E-state index contributed by atoms with van der Waals surface area (Å²) in [7, 11) is 1.98. The van der Waals surface area contributed by atoms with E-state index >= 15 is 0 Å². The average Bonchev–Trinajstić information content (AvgIpc) is 2.46. The predicted molar refractivity (Wildman–Crippen MR) is 52.7 cm³/mol. The topological polar surface area (TPSA) is 29.9 Å². The van der Waals surface area contributed by atoms with Crippen molar-refractivity contribution in [1.29, 1.82) is 0 Å². The lowest BCUT2D eigenvalue weighted by atomic mass is 9.93. The zero-order chi connectivity index (χ0) is 9.10. The second-order valence-electron chi connectivity index (χ2n) is 3.77. The molecule has 3 nitrogen and oxygen atoms in total. The van der Waals surface area contributed by atoms with E-state index in [0.29, 0.717) is 6.04 Å². The van der Waals surface area contributed by atoms with Crippen LogP contribution in [-0.2, 0) is 6.42 Å². The van der Waals surface area contributed by atoms with Crippen LogP contribution in [0.1, 0.15) is 30.9 Å². The molecule has 0 atom stereocenters. The summed E-state index contributed by atoms with van der Waals surface area (Å²) in [4.78, 5) is 0. The number of hydrogen-bond donors (Lipinski definition) is 1. The molecule has 0 radical (unpaired) electrons. The second kappa shape index (κ2) is 3.92. The van der Waals surface area contributed by atoms with E-state index in [1.54, 1.807) is 0 Å². The van der Waals surface area contributed by atoms with Crippen LogP contribution in [0.25, 0.3) is 0 Å². The molecule has 1 fully saturated rings. The Hall–Kier alpha value is -0.830. The molecule has 1 aromatic rings. The smallest absolute Gasteiger partial charge is 0.0522 e. The van der Waals surface area contributed by atoms with Crippen molar-refractivity contribution < 1.29 is 0 Å². The highest BCUT2D eigenvalue weighted by atomic mass is 15.3. The van der Waals surface area contributed by atoms with E-state index in [1.807, 2.05) is 13.2 Å². The van der Waals surface area contributed by atoms with Crippen molar-refractivity contribution in [3.63, 3.8) is 0 Å². The van der Waals surface area contributed by atoms with Crippen molar-refractivity contribution in [3.8, 4) is 0 Å². The van der Waals surface area contributed by atoms with Crippen LogP contribution >= 0.6 is 0 Å². The van der Waals surface area contributed by atoms with Crippen LogP contribution in [0.3, 0.4) is 0 Å². The molecule has 0 amide bonds. The molecule has 3 heteroatoms. The normalized spacial score (nSPS) is 17.3. The van der Waals surface area contributed by atoms with Crippen molar-refractivity contribution >= 4 is 0 Å². The van der Waals surface area contributed by atoms with Crippen molar-refractivity contribution in [1.82, 2.24) is 15.1 Å². The van der Waals surface area contributed by atoms with Gasteiger partial charge in [0.2, 0.25) is 0 Å². The molecule has 1 heterocycles. The fourth-order valence-corrected chi connectivity index (χ4v) is 1.63. The Morgan fingerprint density at radius 1 is 1.62 bits per heavy atom. The van der Waals surface area contributed by atoms with Gasteiger partial charge in [0.1, 0.15) is 0 Å². The maximum absolute atomic E-state index is 4.38. The Balaban J connectivity index is 1.92. The SMILES string of the molecule is CNCCc1cnn(C2CCC2)c1. The van der Waals surface area contributed by atoms with Gasteiger partial charge in [-0.05, 0) is 44.8 Å². The van der Waals surface area contributed by atoms with Crippen LogP contribution in [0, 0.1) is 0 Å². The summed E-state index contributed by atoms with van der Waals surface area (Å²) in [5.41, 5.74) is 1.35. The molecule has 72 valence electrons. The first-order valence-electron chi connectivity index (χ1n) is 5.08. The van der Waals surface area contributed by atoms with Crippen LogP contribution in [0.4, 0.5) is 0 Å². The van der Waals surface area contributed by atoms with Crippen LogP contribution < -0.4 is 5.32 Å². The molecule has 0 spiro atoms. The Morgan fingerprint density at radius 2 is 2.46 bits per heavy atom. The van der Waals surface area contributed by atoms with E-state index in [1.165, 1.54) is 24.8 Å². The molecule has 2 rings (SSSR count). The van der Waals surface area contributed by atoms with Gasteiger partial charge in [-0.15, -0.1) is 0 Å². The molecule has 1 aliphatic carbocycles. The zero-order valence-electron chi connectivity index (χ0n) is 8.16. The molecule has 0 saturated heterocycles. The third-order valence-electron chi connectivity index (χ3n) is 2.77. The predicted octanol–water partition coefficient (Wildman–Crippen LogP) is 1.37. The summed E-state index contributed by atoms with van der Waals surface area (Å²) >= 11 is 0. The molecule has 0 aromatic carbocycles. The third kappa shape index (κ3) is 1.91. The first-order valence-corrected chi connectivity index (χ1v) is 5.08. The van der Waals surface area contributed by atoms with Gasteiger partial charge >= 0.3 is 0 Å². The van der Waals surface area contributed by atoms with Gasteiger partial charge in [0.05, 0.1) is 12.2 Å². The molecule has 1 aromatic heterocycles. The number of nitrogens with zero attached hydrogens (tertiary/aromatic N) is 2. The van der Waals surface area contributed by atoms with Gasteiger partial charge in [0.25, 0.3) is 0 Å². The molecule has 1 aliphatic rings. The fraction of sp³-hybridized carbons (Fsp3) is 0.700. The van der Waals surface area contributed by atoms with Crippen LogP contribution in [0.5, 0.6) is 0 Å². The number of rotatable bonds is 4. The van der Waals surface area contributed by atoms with E-state index in [2.05, 4.69) is 21.3 Å². The lowest BCUT2D eigenvalue weighted by molar-refractivity contribution is 0.289. The van der Waals surface area contributed by atoms with Crippen molar-refractivity contribution in [2.24, 2.45) is 0 Å². The Morgan fingerprint density at radius 3 is 3.08 bits per heavy atom. The molecule has 1 saturated carbocycles. The molecule has 13 heavy (non-hydrogen) atoms. The minimum atomic E-state index is 0.698. The zero-order valence-corrected chi connectivity index (χ0v) is 8.16. The van der Waals surface area contributed by atoms with Gasteiger partial charge in [0.15, 0.2) is 0 Å². The molecule has 1 N–H and O–H groups in total. The average molecular weight is 179 g/mol. The van der Waals surface area contributed by atoms with Crippen molar-refractivity contribution in [3.05, 3.63) is 18.0 Å². The maximum Gasteiger partial charge on any atom is 0.0522 e. The molecular weight excluding hydrogens is 162 g/mol. The molecule has 0 unspecified atom stereocenters. The minimum Gasteiger partial charge on any atom is -0.319 e. The largest absolute Gasteiger partial charge is 0.319 e. The molecular formula is C10H17N3. The summed E-state index contributed by atoms with van der Waals surface area (Å²) in [6, 6.07) is 0.698. The highest BCUT2D eigenvalue weighted by molar-refractivity contribution is 5.05. The number of likely N-dealkylation sites (N-methyl/N-ethyl adjacent to an activating group) is 1. The lowest BCUT2D eigenvalue weighted by Gasteiger charge is -2.25. The third-order valence-corrected chi connectivity index (χ3v) is 2.77. The van der Waals surface area contributed by atoms with E-state index in [-0.39, 0.29) is 0 Å². The van der Waals surface area contributed by atoms with Crippen LogP contribution in [0.2, 0.25) is 0 Å².